The van der Waals surface area contributed by atoms with E-state index in [4.69, 9.17) is 21.7 Å². The second-order valence-corrected chi connectivity index (χ2v) is 9.26. The van der Waals surface area contributed by atoms with E-state index < -0.39 is 5.60 Å². The van der Waals surface area contributed by atoms with E-state index in [0.29, 0.717) is 35.3 Å². The van der Waals surface area contributed by atoms with Crippen LogP contribution in [-0.2, 0) is 22.5 Å². The summed E-state index contributed by atoms with van der Waals surface area (Å²) in [6, 6.07) is 10.1. The highest BCUT2D eigenvalue weighted by molar-refractivity contribution is 7.80. The monoisotopic (exact) mass is 418 g/mol. The van der Waals surface area contributed by atoms with Gasteiger partial charge in [-0.05, 0) is 57.5 Å². The van der Waals surface area contributed by atoms with Crippen molar-refractivity contribution < 1.29 is 14.3 Å². The lowest BCUT2D eigenvalue weighted by Crippen LogP contribution is -2.31. The standard InChI is InChI=1S/C21H26N2O3S2/c1-13(14-8-6-5-7-9-14)22-20(27)23-18-17(19(24)26-21(2,3)4)15-10-11-25-12-16(15)28-18/h5-9,13H,10-12H2,1-4H3,(H2,22,23,27)/t13-/m1/s1. The number of hydrogen-bond donors (Lipinski definition) is 2. The summed E-state index contributed by atoms with van der Waals surface area (Å²) >= 11 is 7.01. The van der Waals surface area contributed by atoms with Gasteiger partial charge in [0.2, 0.25) is 0 Å². The summed E-state index contributed by atoms with van der Waals surface area (Å²) in [4.78, 5) is 13.9. The number of carbonyl (C=O) groups is 1. The van der Waals surface area contributed by atoms with Crippen LogP contribution in [0.5, 0.6) is 0 Å². The van der Waals surface area contributed by atoms with E-state index in [1.807, 2.05) is 58.0 Å². The summed E-state index contributed by atoms with van der Waals surface area (Å²) in [7, 11) is 0. The molecular formula is C21H26N2O3S2. The van der Waals surface area contributed by atoms with Crippen molar-refractivity contribution in [3.8, 4) is 0 Å². The molecule has 7 heteroatoms. The summed E-state index contributed by atoms with van der Waals surface area (Å²) in [5.41, 5.74) is 2.16. The molecule has 0 amide bonds. The number of thiophene rings is 1. The number of esters is 1. The molecule has 0 saturated heterocycles. The van der Waals surface area contributed by atoms with Gasteiger partial charge in [0.05, 0.1) is 24.8 Å². The molecule has 1 aliphatic rings. The first-order chi connectivity index (χ1) is 13.2. The fourth-order valence-electron chi connectivity index (χ4n) is 3.03. The smallest absolute Gasteiger partial charge is 0.341 e. The van der Waals surface area contributed by atoms with Gasteiger partial charge in [0.1, 0.15) is 10.6 Å². The molecule has 1 aromatic carbocycles. The number of benzene rings is 1. The Labute approximate surface area is 175 Å². The molecule has 2 N–H and O–H groups in total. The minimum absolute atomic E-state index is 0.0455. The van der Waals surface area contributed by atoms with Crippen molar-refractivity contribution in [3.05, 3.63) is 51.9 Å². The van der Waals surface area contributed by atoms with E-state index in [1.165, 1.54) is 11.3 Å². The Morgan fingerprint density at radius 2 is 2.00 bits per heavy atom. The highest BCUT2D eigenvalue weighted by atomic mass is 32.1. The molecule has 0 fully saturated rings. The number of carbonyl (C=O) groups excluding carboxylic acids is 1. The van der Waals surface area contributed by atoms with Gasteiger partial charge in [-0.15, -0.1) is 11.3 Å². The highest BCUT2D eigenvalue weighted by Crippen LogP contribution is 2.37. The maximum absolute atomic E-state index is 12.9. The van der Waals surface area contributed by atoms with E-state index >= 15 is 0 Å². The van der Waals surface area contributed by atoms with Crippen molar-refractivity contribution in [2.24, 2.45) is 0 Å². The zero-order valence-corrected chi connectivity index (χ0v) is 18.3. The average Bonchev–Trinajstić information content (AvgIpc) is 2.98. The van der Waals surface area contributed by atoms with Gasteiger partial charge in [-0.3, -0.25) is 0 Å². The van der Waals surface area contributed by atoms with Gasteiger partial charge in [-0.25, -0.2) is 4.79 Å². The largest absolute Gasteiger partial charge is 0.456 e. The van der Waals surface area contributed by atoms with E-state index in [2.05, 4.69) is 10.6 Å². The van der Waals surface area contributed by atoms with Gasteiger partial charge in [0.25, 0.3) is 0 Å². The topological polar surface area (TPSA) is 59.6 Å². The van der Waals surface area contributed by atoms with E-state index in [0.717, 1.165) is 16.0 Å². The molecule has 3 rings (SSSR count). The molecule has 0 spiro atoms. The Morgan fingerprint density at radius 3 is 2.68 bits per heavy atom. The molecule has 0 saturated carbocycles. The average molecular weight is 419 g/mol. The Bertz CT molecular complexity index is 857. The maximum Gasteiger partial charge on any atom is 0.341 e. The van der Waals surface area contributed by atoms with Crippen molar-refractivity contribution in [3.63, 3.8) is 0 Å². The van der Waals surface area contributed by atoms with Gasteiger partial charge in [-0.1, -0.05) is 30.3 Å². The van der Waals surface area contributed by atoms with Crippen LogP contribution in [0.3, 0.4) is 0 Å². The molecule has 1 atom stereocenters. The lowest BCUT2D eigenvalue weighted by molar-refractivity contribution is 0.00686. The first kappa shape index (κ1) is 20.8. The number of anilines is 1. The Balaban J connectivity index is 1.80. The second kappa shape index (κ2) is 8.59. The van der Waals surface area contributed by atoms with Crippen molar-refractivity contribution >= 4 is 39.6 Å². The first-order valence-electron chi connectivity index (χ1n) is 9.32. The predicted octanol–water partition coefficient (Wildman–Crippen LogP) is 4.82. The molecule has 0 unspecified atom stereocenters. The van der Waals surface area contributed by atoms with E-state index in [9.17, 15) is 4.79 Å². The second-order valence-electron chi connectivity index (χ2n) is 7.74. The Kier molecular flexibility index (Phi) is 6.37. The molecular weight excluding hydrogens is 392 g/mol. The molecule has 0 aliphatic carbocycles. The lowest BCUT2D eigenvalue weighted by Gasteiger charge is -2.21. The molecule has 1 aromatic heterocycles. The Hall–Kier alpha value is -1.96. The van der Waals surface area contributed by atoms with Crippen LogP contribution >= 0.6 is 23.6 Å². The lowest BCUT2D eigenvalue weighted by atomic mass is 10.1. The van der Waals surface area contributed by atoms with Gasteiger partial charge in [-0.2, -0.15) is 0 Å². The van der Waals surface area contributed by atoms with Crippen molar-refractivity contribution in [1.29, 1.82) is 0 Å². The van der Waals surface area contributed by atoms with Gasteiger partial charge in [0.15, 0.2) is 5.11 Å². The maximum atomic E-state index is 12.9. The highest BCUT2D eigenvalue weighted by Gasteiger charge is 2.29. The number of nitrogens with one attached hydrogen (secondary N) is 2. The number of rotatable bonds is 4. The third-order valence-electron chi connectivity index (χ3n) is 4.30. The molecule has 28 heavy (non-hydrogen) atoms. The summed E-state index contributed by atoms with van der Waals surface area (Å²) in [5, 5.41) is 7.68. The zero-order valence-electron chi connectivity index (χ0n) is 16.6. The summed E-state index contributed by atoms with van der Waals surface area (Å²) in [6.07, 6.45) is 0.697. The molecule has 2 heterocycles. The summed E-state index contributed by atoms with van der Waals surface area (Å²) in [6.45, 7) is 8.77. The molecule has 150 valence electrons. The zero-order chi connectivity index (χ0) is 20.3. The van der Waals surface area contributed by atoms with Crippen molar-refractivity contribution in [2.75, 3.05) is 11.9 Å². The SMILES string of the molecule is C[C@@H](NC(=S)Nc1sc2c(c1C(=O)OC(C)(C)C)CCOC2)c1ccccc1. The Morgan fingerprint density at radius 1 is 1.29 bits per heavy atom. The first-order valence-corrected chi connectivity index (χ1v) is 10.5. The molecule has 0 radical (unpaired) electrons. The van der Waals surface area contributed by atoms with Crippen LogP contribution in [0.1, 0.15) is 60.1 Å². The van der Waals surface area contributed by atoms with Crippen LogP contribution in [0.25, 0.3) is 0 Å². The van der Waals surface area contributed by atoms with Gasteiger partial charge in [0, 0.05) is 4.88 Å². The molecule has 5 nitrogen and oxygen atoms in total. The molecule has 1 aliphatic heterocycles. The quantitative estimate of drug-likeness (QED) is 0.548. The van der Waals surface area contributed by atoms with E-state index in [1.54, 1.807) is 0 Å². The molecule has 2 aromatic rings. The van der Waals surface area contributed by atoms with Crippen LogP contribution in [0.2, 0.25) is 0 Å². The van der Waals surface area contributed by atoms with E-state index in [-0.39, 0.29) is 12.0 Å². The number of fused-ring (bicyclic) bond motifs is 1. The van der Waals surface area contributed by atoms with Crippen LogP contribution < -0.4 is 10.6 Å². The fourth-order valence-corrected chi connectivity index (χ4v) is 4.55. The van der Waals surface area contributed by atoms with Gasteiger partial charge < -0.3 is 20.1 Å². The molecule has 0 bridgehead atoms. The third kappa shape index (κ3) is 5.10. The summed E-state index contributed by atoms with van der Waals surface area (Å²) in [5.74, 6) is -0.326. The predicted molar refractivity (Wildman–Crippen MR) is 117 cm³/mol. The number of ether oxygens (including phenoxy) is 2. The third-order valence-corrected chi connectivity index (χ3v) is 5.64. The fraction of sp³-hybridized carbons (Fsp3) is 0.429. The van der Waals surface area contributed by atoms with Crippen molar-refractivity contribution in [1.82, 2.24) is 5.32 Å². The van der Waals surface area contributed by atoms with Crippen LogP contribution in [0.4, 0.5) is 5.00 Å². The van der Waals surface area contributed by atoms with Crippen LogP contribution in [-0.4, -0.2) is 23.3 Å². The summed E-state index contributed by atoms with van der Waals surface area (Å²) < 4.78 is 11.2. The van der Waals surface area contributed by atoms with Crippen LogP contribution in [0.15, 0.2) is 30.3 Å². The minimum Gasteiger partial charge on any atom is -0.456 e. The normalized spacial score (nSPS) is 14.7. The number of thiocarbonyl (C=S) groups is 1. The van der Waals surface area contributed by atoms with Crippen LogP contribution in [0, 0.1) is 0 Å². The van der Waals surface area contributed by atoms with Crippen molar-refractivity contribution in [2.45, 2.75) is 52.4 Å². The minimum atomic E-state index is -0.561. The number of hydrogen-bond acceptors (Lipinski definition) is 5. The van der Waals surface area contributed by atoms with Gasteiger partial charge >= 0.3 is 5.97 Å².